The molecular formula is C26H29BrN2O. The first-order chi connectivity index (χ1) is 14.3. The van der Waals surface area contributed by atoms with Gasteiger partial charge in [0.05, 0.1) is 16.8 Å². The number of fused-ring (bicyclic) bond motifs is 1. The van der Waals surface area contributed by atoms with Crippen molar-refractivity contribution in [3.63, 3.8) is 0 Å². The van der Waals surface area contributed by atoms with E-state index >= 15 is 0 Å². The Hall–Kier alpha value is -2.20. The van der Waals surface area contributed by atoms with Gasteiger partial charge >= 0.3 is 0 Å². The number of hydrogen-bond acceptors (Lipinski definition) is 2. The van der Waals surface area contributed by atoms with Gasteiger partial charge in [-0.25, -0.2) is 4.98 Å². The van der Waals surface area contributed by atoms with E-state index in [4.69, 9.17) is 4.98 Å². The van der Waals surface area contributed by atoms with E-state index in [1.165, 1.54) is 12.0 Å². The van der Waals surface area contributed by atoms with Crippen LogP contribution in [-0.2, 0) is 0 Å². The van der Waals surface area contributed by atoms with Gasteiger partial charge in [0.1, 0.15) is 0 Å². The first-order valence-corrected chi connectivity index (χ1v) is 11.6. The number of likely N-dealkylation sites (tertiary alicyclic amines) is 1. The third kappa shape index (κ3) is 4.29. The lowest BCUT2D eigenvalue weighted by Crippen LogP contribution is -2.42. The second-order valence-electron chi connectivity index (χ2n) is 9.15. The number of halogens is 1. The molecule has 0 spiro atoms. The summed E-state index contributed by atoms with van der Waals surface area (Å²) in [6, 6.07) is 16.5. The Bertz CT molecular complexity index is 1060. The van der Waals surface area contributed by atoms with Crippen molar-refractivity contribution in [3.05, 3.63) is 64.1 Å². The first kappa shape index (κ1) is 21.0. The second kappa shape index (κ2) is 8.50. The van der Waals surface area contributed by atoms with E-state index in [1.54, 1.807) is 0 Å². The highest BCUT2D eigenvalue weighted by atomic mass is 79.9. The van der Waals surface area contributed by atoms with Crippen LogP contribution in [-0.4, -0.2) is 28.9 Å². The van der Waals surface area contributed by atoms with Crippen LogP contribution >= 0.6 is 15.9 Å². The van der Waals surface area contributed by atoms with Gasteiger partial charge in [-0.1, -0.05) is 67.9 Å². The average molecular weight is 465 g/mol. The fourth-order valence-corrected chi connectivity index (χ4v) is 4.92. The molecule has 0 aliphatic carbocycles. The molecule has 4 rings (SSSR count). The van der Waals surface area contributed by atoms with Crippen molar-refractivity contribution in [2.45, 2.75) is 40.0 Å². The van der Waals surface area contributed by atoms with E-state index in [1.807, 2.05) is 29.2 Å². The molecule has 156 valence electrons. The summed E-state index contributed by atoms with van der Waals surface area (Å²) in [4.78, 5) is 20.5. The van der Waals surface area contributed by atoms with Crippen molar-refractivity contribution in [3.8, 4) is 11.3 Å². The molecule has 0 radical (unpaired) electrons. The van der Waals surface area contributed by atoms with Crippen molar-refractivity contribution in [1.82, 2.24) is 9.88 Å². The summed E-state index contributed by atoms with van der Waals surface area (Å²) in [6.07, 6.45) is 1.18. The Morgan fingerprint density at radius 1 is 1.03 bits per heavy atom. The smallest absolute Gasteiger partial charge is 0.254 e. The summed E-state index contributed by atoms with van der Waals surface area (Å²) in [6.45, 7) is 10.5. The lowest BCUT2D eigenvalue weighted by Gasteiger charge is -2.35. The number of aromatic nitrogens is 1. The summed E-state index contributed by atoms with van der Waals surface area (Å²) >= 11 is 3.56. The fraction of sp³-hybridized carbons (Fsp3) is 0.385. The molecule has 0 saturated carbocycles. The Kier molecular flexibility index (Phi) is 5.97. The number of nitrogens with zero attached hydrogens (tertiary/aromatic N) is 2. The number of rotatable bonds is 3. The predicted molar refractivity (Wildman–Crippen MR) is 128 cm³/mol. The van der Waals surface area contributed by atoms with Gasteiger partial charge < -0.3 is 4.90 Å². The third-order valence-electron chi connectivity index (χ3n) is 6.03. The van der Waals surface area contributed by atoms with E-state index in [0.717, 1.165) is 45.3 Å². The van der Waals surface area contributed by atoms with Crippen LogP contribution in [0.15, 0.2) is 53.0 Å². The van der Waals surface area contributed by atoms with Crippen LogP contribution in [0.2, 0.25) is 0 Å². The average Bonchev–Trinajstić information content (AvgIpc) is 2.72. The molecule has 3 aromatic rings. The molecule has 2 atom stereocenters. The lowest BCUT2D eigenvalue weighted by atomic mass is 9.91. The van der Waals surface area contributed by atoms with E-state index in [2.05, 4.69) is 67.9 Å². The van der Waals surface area contributed by atoms with E-state index in [-0.39, 0.29) is 5.91 Å². The van der Waals surface area contributed by atoms with E-state index in [9.17, 15) is 4.79 Å². The van der Waals surface area contributed by atoms with Crippen LogP contribution in [0.25, 0.3) is 22.2 Å². The van der Waals surface area contributed by atoms with Crippen LogP contribution < -0.4 is 0 Å². The highest BCUT2D eigenvalue weighted by molar-refractivity contribution is 9.10. The number of piperidine rings is 1. The maximum atomic E-state index is 13.6. The van der Waals surface area contributed by atoms with Gasteiger partial charge in [0.25, 0.3) is 5.91 Å². The highest BCUT2D eigenvalue weighted by Crippen LogP contribution is 2.30. The number of pyridine rings is 1. The van der Waals surface area contributed by atoms with Crippen molar-refractivity contribution in [2.24, 2.45) is 11.8 Å². The molecule has 30 heavy (non-hydrogen) atoms. The molecule has 1 aromatic heterocycles. The highest BCUT2D eigenvalue weighted by Gasteiger charge is 2.27. The number of amides is 1. The predicted octanol–water partition coefficient (Wildman–Crippen LogP) is 6.91. The molecule has 1 aliphatic heterocycles. The summed E-state index contributed by atoms with van der Waals surface area (Å²) < 4.78 is 0.959. The number of benzene rings is 2. The minimum absolute atomic E-state index is 0.110. The summed E-state index contributed by atoms with van der Waals surface area (Å²) in [5.74, 6) is 1.65. The van der Waals surface area contributed by atoms with Gasteiger partial charge in [-0.2, -0.15) is 0 Å². The molecule has 2 aromatic carbocycles. The molecule has 1 aliphatic rings. The largest absolute Gasteiger partial charge is 0.338 e. The molecule has 2 heterocycles. The van der Waals surface area contributed by atoms with E-state index in [0.29, 0.717) is 17.8 Å². The molecule has 0 bridgehead atoms. The first-order valence-electron chi connectivity index (χ1n) is 10.8. The molecule has 3 nitrogen and oxygen atoms in total. The minimum atomic E-state index is 0.110. The summed E-state index contributed by atoms with van der Waals surface area (Å²) in [5.41, 5.74) is 4.78. The SMILES string of the molecule is CC(C)c1ccc(-c2cc(C(=O)N3C[C@H](C)C[C@H](C)C3)c3cc(Br)ccc3n2)cc1. The van der Waals surface area contributed by atoms with Gasteiger partial charge in [0.15, 0.2) is 0 Å². The zero-order chi connectivity index (χ0) is 21.4. The zero-order valence-electron chi connectivity index (χ0n) is 18.2. The molecule has 1 fully saturated rings. The summed E-state index contributed by atoms with van der Waals surface area (Å²) in [5, 5.41) is 0.905. The van der Waals surface area contributed by atoms with Gasteiger partial charge in [-0.3, -0.25) is 4.79 Å². The van der Waals surface area contributed by atoms with Gasteiger partial charge in [-0.15, -0.1) is 0 Å². The topological polar surface area (TPSA) is 33.2 Å². The van der Waals surface area contributed by atoms with Gasteiger partial charge in [0, 0.05) is 28.5 Å². The zero-order valence-corrected chi connectivity index (χ0v) is 19.7. The van der Waals surface area contributed by atoms with Crippen LogP contribution in [0.5, 0.6) is 0 Å². The Morgan fingerprint density at radius 3 is 2.33 bits per heavy atom. The molecule has 0 unspecified atom stereocenters. The maximum absolute atomic E-state index is 13.6. The summed E-state index contributed by atoms with van der Waals surface area (Å²) in [7, 11) is 0. The van der Waals surface area contributed by atoms with Crippen molar-refractivity contribution in [1.29, 1.82) is 0 Å². The normalized spacial score (nSPS) is 19.5. The Morgan fingerprint density at radius 2 is 1.70 bits per heavy atom. The molecule has 0 N–H and O–H groups in total. The van der Waals surface area contributed by atoms with Crippen LogP contribution in [0.3, 0.4) is 0 Å². The quantitative estimate of drug-likeness (QED) is 0.421. The van der Waals surface area contributed by atoms with Crippen LogP contribution in [0.1, 0.15) is 56.0 Å². The molecule has 1 amide bonds. The van der Waals surface area contributed by atoms with E-state index < -0.39 is 0 Å². The lowest BCUT2D eigenvalue weighted by molar-refractivity contribution is 0.0625. The molecule has 1 saturated heterocycles. The number of hydrogen-bond donors (Lipinski definition) is 0. The second-order valence-corrected chi connectivity index (χ2v) is 10.1. The van der Waals surface area contributed by atoms with Crippen LogP contribution in [0, 0.1) is 11.8 Å². The number of carbonyl (C=O) groups excluding carboxylic acids is 1. The standard InChI is InChI=1S/C26H29BrN2O/c1-16(2)19-5-7-20(8-6-19)25-13-23(22-12-21(27)9-10-24(22)28-25)26(30)29-14-17(3)11-18(4)15-29/h5-10,12-13,16-18H,11,14-15H2,1-4H3/t17-,18+. The third-order valence-corrected chi connectivity index (χ3v) is 6.52. The van der Waals surface area contributed by atoms with Gasteiger partial charge in [-0.05, 0) is 54.0 Å². The Labute approximate surface area is 187 Å². The monoisotopic (exact) mass is 464 g/mol. The van der Waals surface area contributed by atoms with Crippen molar-refractivity contribution in [2.75, 3.05) is 13.1 Å². The van der Waals surface area contributed by atoms with Crippen molar-refractivity contribution >= 4 is 32.7 Å². The number of carbonyl (C=O) groups is 1. The molecule has 4 heteroatoms. The molecular weight excluding hydrogens is 436 g/mol. The van der Waals surface area contributed by atoms with Gasteiger partial charge in [0.2, 0.25) is 0 Å². The van der Waals surface area contributed by atoms with Crippen LogP contribution in [0.4, 0.5) is 0 Å². The van der Waals surface area contributed by atoms with Crippen molar-refractivity contribution < 1.29 is 4.79 Å². The Balaban J connectivity index is 1.81. The maximum Gasteiger partial charge on any atom is 0.254 e. The fourth-order valence-electron chi connectivity index (χ4n) is 4.56. The minimum Gasteiger partial charge on any atom is -0.338 e.